The maximum atomic E-state index is 12.7. The minimum Gasteiger partial charge on any atom is -0.368 e. The predicted octanol–water partition coefficient (Wildman–Crippen LogP) is 1.79. The minimum absolute atomic E-state index is 0.200. The molecule has 0 aromatic heterocycles. The van der Waals surface area contributed by atoms with Gasteiger partial charge in [-0.2, -0.15) is 4.31 Å². The summed E-state index contributed by atoms with van der Waals surface area (Å²) in [7, 11) is -3.68. The standard InChI is InChI=1S/C13H17BrN2O3S/c1-9-8-10(5-6-11(9)14)20(18,19)16-7-3-2-4-12(16)13(15)17/h5-6,8,12H,2-4,7H2,1H3,(H2,15,17)/t12-/m1/s1. The van der Waals surface area contributed by atoms with E-state index >= 15 is 0 Å². The van der Waals surface area contributed by atoms with Crippen molar-refractivity contribution in [3.8, 4) is 0 Å². The second kappa shape index (κ2) is 5.83. The van der Waals surface area contributed by atoms with Crippen LogP contribution in [0.3, 0.4) is 0 Å². The fourth-order valence-electron chi connectivity index (χ4n) is 2.39. The van der Waals surface area contributed by atoms with Gasteiger partial charge >= 0.3 is 0 Å². The summed E-state index contributed by atoms with van der Waals surface area (Å²) in [5, 5.41) is 0. The topological polar surface area (TPSA) is 80.5 Å². The van der Waals surface area contributed by atoms with Crippen LogP contribution in [0.2, 0.25) is 0 Å². The fraction of sp³-hybridized carbons (Fsp3) is 0.462. The van der Waals surface area contributed by atoms with Crippen molar-refractivity contribution in [1.82, 2.24) is 4.31 Å². The molecule has 110 valence electrons. The van der Waals surface area contributed by atoms with E-state index in [1.54, 1.807) is 18.2 Å². The Balaban J connectivity index is 2.42. The maximum absolute atomic E-state index is 12.7. The number of primary amides is 1. The highest BCUT2D eigenvalue weighted by Gasteiger charge is 2.36. The molecule has 0 spiro atoms. The molecule has 0 radical (unpaired) electrons. The van der Waals surface area contributed by atoms with E-state index < -0.39 is 22.0 Å². The number of sulfonamides is 1. The van der Waals surface area contributed by atoms with Crippen LogP contribution in [-0.2, 0) is 14.8 Å². The molecule has 1 amide bonds. The zero-order valence-electron chi connectivity index (χ0n) is 11.2. The second-order valence-corrected chi connectivity index (χ2v) is 7.69. The zero-order valence-corrected chi connectivity index (χ0v) is 13.6. The summed E-state index contributed by atoms with van der Waals surface area (Å²) in [5.74, 6) is -0.581. The highest BCUT2D eigenvalue weighted by molar-refractivity contribution is 9.10. The molecule has 1 aliphatic heterocycles. The smallest absolute Gasteiger partial charge is 0.243 e. The van der Waals surface area contributed by atoms with Gasteiger partial charge in [0.1, 0.15) is 6.04 Å². The molecule has 20 heavy (non-hydrogen) atoms. The van der Waals surface area contributed by atoms with Gasteiger partial charge in [0, 0.05) is 11.0 Å². The van der Waals surface area contributed by atoms with Gasteiger partial charge in [-0.3, -0.25) is 4.79 Å². The SMILES string of the molecule is Cc1cc(S(=O)(=O)N2CCCC[C@@H]2C(N)=O)ccc1Br. The Kier molecular flexibility index (Phi) is 4.51. The normalized spacial score (nSPS) is 20.8. The van der Waals surface area contributed by atoms with Gasteiger partial charge in [0.05, 0.1) is 4.90 Å². The molecule has 0 saturated carbocycles. The van der Waals surface area contributed by atoms with Crippen LogP contribution in [0, 0.1) is 6.92 Å². The fourth-order valence-corrected chi connectivity index (χ4v) is 4.39. The van der Waals surface area contributed by atoms with Crippen molar-refractivity contribution in [3.63, 3.8) is 0 Å². The number of hydrogen-bond donors (Lipinski definition) is 1. The molecule has 1 aromatic rings. The van der Waals surface area contributed by atoms with Gasteiger partial charge in [0.15, 0.2) is 0 Å². The summed E-state index contributed by atoms with van der Waals surface area (Å²) < 4.78 is 27.4. The maximum Gasteiger partial charge on any atom is 0.243 e. The van der Waals surface area contributed by atoms with Crippen LogP contribution in [0.1, 0.15) is 24.8 Å². The first-order chi connectivity index (χ1) is 9.34. The molecule has 5 nitrogen and oxygen atoms in total. The average Bonchev–Trinajstić information content (AvgIpc) is 2.41. The summed E-state index contributed by atoms with van der Waals surface area (Å²) in [6, 6.07) is 4.11. The van der Waals surface area contributed by atoms with Gasteiger partial charge in [-0.05, 0) is 43.5 Å². The van der Waals surface area contributed by atoms with Gasteiger partial charge in [-0.15, -0.1) is 0 Å². The first-order valence-electron chi connectivity index (χ1n) is 6.41. The lowest BCUT2D eigenvalue weighted by Gasteiger charge is -2.32. The van der Waals surface area contributed by atoms with Crippen molar-refractivity contribution in [1.29, 1.82) is 0 Å². The number of hydrogen-bond acceptors (Lipinski definition) is 3. The van der Waals surface area contributed by atoms with Crippen LogP contribution in [0.15, 0.2) is 27.6 Å². The van der Waals surface area contributed by atoms with E-state index in [9.17, 15) is 13.2 Å². The van der Waals surface area contributed by atoms with Crippen LogP contribution in [0.4, 0.5) is 0 Å². The Morgan fingerprint density at radius 3 is 2.70 bits per heavy atom. The molecule has 1 fully saturated rings. The number of piperidine rings is 1. The van der Waals surface area contributed by atoms with E-state index in [0.717, 1.165) is 22.9 Å². The molecule has 2 rings (SSSR count). The van der Waals surface area contributed by atoms with Crippen LogP contribution >= 0.6 is 15.9 Å². The molecule has 0 unspecified atom stereocenters. The molecule has 2 N–H and O–H groups in total. The predicted molar refractivity (Wildman–Crippen MR) is 79.6 cm³/mol. The van der Waals surface area contributed by atoms with Crippen molar-refractivity contribution < 1.29 is 13.2 Å². The Labute approximate surface area is 127 Å². The third-order valence-electron chi connectivity index (χ3n) is 3.52. The van der Waals surface area contributed by atoms with Crippen LogP contribution in [-0.4, -0.2) is 31.2 Å². The van der Waals surface area contributed by atoms with E-state index in [2.05, 4.69) is 15.9 Å². The monoisotopic (exact) mass is 360 g/mol. The zero-order chi connectivity index (χ0) is 14.9. The summed E-state index contributed by atoms with van der Waals surface area (Å²) >= 11 is 3.34. The van der Waals surface area contributed by atoms with Gasteiger partial charge in [-0.25, -0.2) is 8.42 Å². The minimum atomic E-state index is -3.68. The molecular formula is C13H17BrN2O3S. The number of amides is 1. The number of carbonyl (C=O) groups is 1. The van der Waals surface area contributed by atoms with Crippen molar-refractivity contribution in [2.75, 3.05) is 6.54 Å². The molecule has 1 aliphatic rings. The van der Waals surface area contributed by atoms with Crippen LogP contribution in [0.5, 0.6) is 0 Å². The molecule has 0 bridgehead atoms. The number of aryl methyl sites for hydroxylation is 1. The Bertz CT molecular complexity index is 631. The molecular weight excluding hydrogens is 344 g/mol. The Morgan fingerprint density at radius 1 is 1.40 bits per heavy atom. The highest BCUT2D eigenvalue weighted by atomic mass is 79.9. The summed E-state index contributed by atoms with van der Waals surface area (Å²) in [5.41, 5.74) is 6.17. The molecule has 1 atom stereocenters. The largest absolute Gasteiger partial charge is 0.368 e. The number of rotatable bonds is 3. The first-order valence-corrected chi connectivity index (χ1v) is 8.64. The van der Waals surface area contributed by atoms with Crippen LogP contribution < -0.4 is 5.73 Å². The summed E-state index contributed by atoms with van der Waals surface area (Å²) in [4.78, 5) is 11.7. The van der Waals surface area contributed by atoms with Crippen molar-refractivity contribution in [2.24, 2.45) is 5.73 Å². The van der Waals surface area contributed by atoms with E-state index in [1.165, 1.54) is 4.31 Å². The molecule has 1 saturated heterocycles. The van der Waals surface area contributed by atoms with Gasteiger partial charge in [-0.1, -0.05) is 22.4 Å². The average molecular weight is 361 g/mol. The van der Waals surface area contributed by atoms with E-state index in [1.807, 2.05) is 6.92 Å². The number of carbonyl (C=O) groups excluding carboxylic acids is 1. The lowest BCUT2D eigenvalue weighted by atomic mass is 10.0. The number of halogens is 1. The first kappa shape index (κ1) is 15.5. The summed E-state index contributed by atoms with van der Waals surface area (Å²) in [6.45, 7) is 2.16. The van der Waals surface area contributed by atoms with Crippen molar-refractivity contribution in [3.05, 3.63) is 28.2 Å². The number of benzene rings is 1. The Hall–Kier alpha value is -0.920. The summed E-state index contributed by atoms with van der Waals surface area (Å²) in [6.07, 6.45) is 2.06. The van der Waals surface area contributed by atoms with Crippen molar-refractivity contribution >= 4 is 31.9 Å². The number of nitrogens with two attached hydrogens (primary N) is 1. The van der Waals surface area contributed by atoms with Gasteiger partial charge in [0.25, 0.3) is 0 Å². The second-order valence-electron chi connectivity index (χ2n) is 4.94. The van der Waals surface area contributed by atoms with E-state index in [0.29, 0.717) is 13.0 Å². The number of nitrogens with zero attached hydrogens (tertiary/aromatic N) is 1. The lowest BCUT2D eigenvalue weighted by molar-refractivity contribution is -0.122. The molecule has 7 heteroatoms. The lowest BCUT2D eigenvalue weighted by Crippen LogP contribution is -2.50. The third-order valence-corrected chi connectivity index (χ3v) is 6.31. The molecule has 1 aromatic carbocycles. The quantitative estimate of drug-likeness (QED) is 0.891. The Morgan fingerprint density at radius 2 is 2.10 bits per heavy atom. The highest BCUT2D eigenvalue weighted by Crippen LogP contribution is 2.27. The molecule has 0 aliphatic carbocycles. The molecule has 1 heterocycles. The van der Waals surface area contributed by atoms with Gasteiger partial charge in [0.2, 0.25) is 15.9 Å². The van der Waals surface area contributed by atoms with Crippen molar-refractivity contribution in [2.45, 2.75) is 37.1 Å². The third kappa shape index (κ3) is 2.89. The van der Waals surface area contributed by atoms with Gasteiger partial charge < -0.3 is 5.73 Å². The van der Waals surface area contributed by atoms with E-state index in [-0.39, 0.29) is 4.90 Å². The van der Waals surface area contributed by atoms with E-state index in [4.69, 9.17) is 5.73 Å². The van der Waals surface area contributed by atoms with Crippen LogP contribution in [0.25, 0.3) is 0 Å².